The van der Waals surface area contributed by atoms with Crippen LogP contribution in [-0.4, -0.2) is 41.5 Å². The van der Waals surface area contributed by atoms with E-state index in [0.717, 1.165) is 24.3 Å². The number of anilines is 1. The van der Waals surface area contributed by atoms with E-state index in [-0.39, 0.29) is 6.10 Å². The summed E-state index contributed by atoms with van der Waals surface area (Å²) < 4.78 is 5.63. The van der Waals surface area contributed by atoms with Crippen molar-refractivity contribution in [3.8, 4) is 0 Å². The highest BCUT2D eigenvalue weighted by atomic mass is 16.5. The van der Waals surface area contributed by atoms with Gasteiger partial charge in [0.1, 0.15) is 6.10 Å². The van der Waals surface area contributed by atoms with Crippen molar-refractivity contribution < 1.29 is 9.84 Å². The number of nitrogens with zero attached hydrogens (tertiary/aromatic N) is 2. The maximum Gasteiger partial charge on any atom is 0.103 e. The Labute approximate surface area is 109 Å². The second kappa shape index (κ2) is 5.24. The summed E-state index contributed by atoms with van der Waals surface area (Å²) >= 11 is 0. The van der Waals surface area contributed by atoms with E-state index in [1.54, 1.807) is 13.8 Å². The number of hydrogen-bond donors (Lipinski definition) is 1. The van der Waals surface area contributed by atoms with Gasteiger partial charge in [-0.3, -0.25) is 4.98 Å². The fourth-order valence-corrected chi connectivity index (χ4v) is 2.12. The molecule has 100 valence electrons. The number of rotatable bonds is 3. The third-order valence-electron chi connectivity index (χ3n) is 3.39. The van der Waals surface area contributed by atoms with Crippen molar-refractivity contribution in [2.45, 2.75) is 38.9 Å². The van der Waals surface area contributed by atoms with Gasteiger partial charge >= 0.3 is 0 Å². The number of aliphatic hydroxyl groups is 1. The highest BCUT2D eigenvalue weighted by Crippen LogP contribution is 2.22. The molecule has 1 atom stereocenters. The molecule has 4 nitrogen and oxygen atoms in total. The standard InChI is InChI=1S/C14H22N2O2/c1-4-11-5-6-12(9-15-11)16-7-8-18-13(10-16)14(2,3)17/h5-6,9,13,17H,4,7-8,10H2,1-3H3. The summed E-state index contributed by atoms with van der Waals surface area (Å²) in [6.45, 7) is 7.88. The lowest BCUT2D eigenvalue weighted by Crippen LogP contribution is -2.52. The lowest BCUT2D eigenvalue weighted by Gasteiger charge is -2.39. The fourth-order valence-electron chi connectivity index (χ4n) is 2.12. The smallest absolute Gasteiger partial charge is 0.103 e. The molecule has 2 rings (SSSR count). The number of aromatic nitrogens is 1. The largest absolute Gasteiger partial charge is 0.388 e. The third kappa shape index (κ3) is 3.00. The Hall–Kier alpha value is -1.13. The molecule has 1 aliphatic heterocycles. The van der Waals surface area contributed by atoms with Crippen LogP contribution in [0.2, 0.25) is 0 Å². The molecular formula is C14H22N2O2. The molecule has 1 fully saturated rings. The van der Waals surface area contributed by atoms with Crippen LogP contribution in [-0.2, 0) is 11.2 Å². The van der Waals surface area contributed by atoms with Crippen molar-refractivity contribution in [3.63, 3.8) is 0 Å². The van der Waals surface area contributed by atoms with E-state index in [4.69, 9.17) is 4.74 Å². The van der Waals surface area contributed by atoms with Crippen LogP contribution >= 0.6 is 0 Å². The van der Waals surface area contributed by atoms with Gasteiger partial charge in [-0.15, -0.1) is 0 Å². The van der Waals surface area contributed by atoms with E-state index in [0.29, 0.717) is 13.2 Å². The molecule has 1 saturated heterocycles. The lowest BCUT2D eigenvalue weighted by molar-refractivity contribution is -0.0928. The van der Waals surface area contributed by atoms with Crippen LogP contribution in [0, 0.1) is 0 Å². The SMILES string of the molecule is CCc1ccc(N2CCOC(C(C)(C)O)C2)cn1. The number of hydrogen-bond acceptors (Lipinski definition) is 4. The van der Waals surface area contributed by atoms with Gasteiger partial charge in [0.2, 0.25) is 0 Å². The minimum Gasteiger partial charge on any atom is -0.388 e. The Kier molecular flexibility index (Phi) is 3.88. The monoisotopic (exact) mass is 250 g/mol. The molecule has 0 bridgehead atoms. The first-order valence-electron chi connectivity index (χ1n) is 6.54. The van der Waals surface area contributed by atoms with E-state index in [2.05, 4.69) is 28.9 Å². The minimum atomic E-state index is -0.810. The summed E-state index contributed by atoms with van der Waals surface area (Å²) in [6, 6.07) is 4.16. The summed E-state index contributed by atoms with van der Waals surface area (Å²) in [5.74, 6) is 0. The summed E-state index contributed by atoms with van der Waals surface area (Å²) in [7, 11) is 0. The predicted octanol–water partition coefficient (Wildman–Crippen LogP) is 1.62. The van der Waals surface area contributed by atoms with Gasteiger partial charge in [-0.05, 0) is 32.4 Å². The maximum atomic E-state index is 10.0. The van der Waals surface area contributed by atoms with Gasteiger partial charge < -0.3 is 14.7 Å². The van der Waals surface area contributed by atoms with Crippen LogP contribution in [0.15, 0.2) is 18.3 Å². The summed E-state index contributed by atoms with van der Waals surface area (Å²) in [6.07, 6.45) is 2.71. The van der Waals surface area contributed by atoms with Gasteiger partial charge in [-0.2, -0.15) is 0 Å². The first kappa shape index (κ1) is 13.3. The molecule has 1 aromatic rings. The number of pyridine rings is 1. The van der Waals surface area contributed by atoms with Crippen molar-refractivity contribution in [3.05, 3.63) is 24.0 Å². The quantitative estimate of drug-likeness (QED) is 0.885. The minimum absolute atomic E-state index is 0.155. The van der Waals surface area contributed by atoms with Crippen LogP contribution < -0.4 is 4.90 Å². The molecular weight excluding hydrogens is 228 g/mol. The van der Waals surface area contributed by atoms with E-state index in [1.165, 1.54) is 0 Å². The molecule has 2 heterocycles. The van der Waals surface area contributed by atoms with Crippen LogP contribution in [0.1, 0.15) is 26.5 Å². The summed E-state index contributed by atoms with van der Waals surface area (Å²) in [5.41, 5.74) is 1.39. The van der Waals surface area contributed by atoms with Crippen molar-refractivity contribution in [1.82, 2.24) is 4.98 Å². The van der Waals surface area contributed by atoms with Crippen LogP contribution in [0.5, 0.6) is 0 Å². The molecule has 0 aromatic carbocycles. The highest BCUT2D eigenvalue weighted by molar-refractivity contribution is 5.45. The Bertz CT molecular complexity index is 384. The maximum absolute atomic E-state index is 10.0. The third-order valence-corrected chi connectivity index (χ3v) is 3.39. The van der Waals surface area contributed by atoms with Gasteiger partial charge in [0, 0.05) is 18.8 Å². The number of morpholine rings is 1. The Morgan fingerprint density at radius 2 is 2.28 bits per heavy atom. The first-order chi connectivity index (χ1) is 8.50. The molecule has 0 aliphatic carbocycles. The van der Waals surface area contributed by atoms with Crippen LogP contribution in [0.25, 0.3) is 0 Å². The molecule has 0 radical (unpaired) electrons. The zero-order valence-electron chi connectivity index (χ0n) is 11.4. The normalized spacial score (nSPS) is 21.1. The Balaban J connectivity index is 2.08. The van der Waals surface area contributed by atoms with E-state index >= 15 is 0 Å². The molecule has 1 unspecified atom stereocenters. The molecule has 4 heteroatoms. The van der Waals surface area contributed by atoms with E-state index in [9.17, 15) is 5.11 Å². The zero-order valence-corrected chi connectivity index (χ0v) is 11.4. The topological polar surface area (TPSA) is 45.6 Å². The molecule has 0 saturated carbocycles. The van der Waals surface area contributed by atoms with Crippen LogP contribution in [0.3, 0.4) is 0 Å². The Morgan fingerprint density at radius 3 is 2.83 bits per heavy atom. The summed E-state index contributed by atoms with van der Waals surface area (Å²) in [5, 5.41) is 10.0. The van der Waals surface area contributed by atoms with Gasteiger partial charge in [0.05, 0.1) is 24.1 Å². The van der Waals surface area contributed by atoms with Gasteiger partial charge in [0.25, 0.3) is 0 Å². The van der Waals surface area contributed by atoms with Gasteiger partial charge in [-0.1, -0.05) is 6.92 Å². The molecule has 1 aliphatic rings. The van der Waals surface area contributed by atoms with E-state index < -0.39 is 5.60 Å². The second-order valence-corrected chi connectivity index (χ2v) is 5.32. The molecule has 18 heavy (non-hydrogen) atoms. The first-order valence-corrected chi connectivity index (χ1v) is 6.54. The van der Waals surface area contributed by atoms with Gasteiger partial charge in [-0.25, -0.2) is 0 Å². The molecule has 1 N–H and O–H groups in total. The predicted molar refractivity (Wildman–Crippen MR) is 71.9 cm³/mol. The van der Waals surface area contributed by atoms with Crippen molar-refractivity contribution in [2.24, 2.45) is 0 Å². The average molecular weight is 250 g/mol. The van der Waals surface area contributed by atoms with Gasteiger partial charge in [0.15, 0.2) is 0 Å². The van der Waals surface area contributed by atoms with Crippen molar-refractivity contribution >= 4 is 5.69 Å². The Morgan fingerprint density at radius 1 is 1.50 bits per heavy atom. The molecule has 1 aromatic heterocycles. The van der Waals surface area contributed by atoms with Crippen molar-refractivity contribution in [2.75, 3.05) is 24.6 Å². The number of ether oxygens (including phenoxy) is 1. The zero-order chi connectivity index (χ0) is 13.2. The van der Waals surface area contributed by atoms with Crippen LogP contribution in [0.4, 0.5) is 5.69 Å². The van der Waals surface area contributed by atoms with Crippen molar-refractivity contribution in [1.29, 1.82) is 0 Å². The highest BCUT2D eigenvalue weighted by Gasteiger charge is 2.32. The lowest BCUT2D eigenvalue weighted by atomic mass is 10.00. The molecule has 0 spiro atoms. The summed E-state index contributed by atoms with van der Waals surface area (Å²) in [4.78, 5) is 6.64. The average Bonchev–Trinajstić information content (AvgIpc) is 2.38. The second-order valence-electron chi connectivity index (χ2n) is 5.32. The fraction of sp³-hybridized carbons (Fsp3) is 0.643. The molecule has 0 amide bonds. The van der Waals surface area contributed by atoms with E-state index in [1.807, 2.05) is 6.20 Å². The number of aryl methyl sites for hydroxylation is 1.